The minimum Gasteiger partial charge on any atom is -0.346 e. The van der Waals surface area contributed by atoms with Gasteiger partial charge in [-0.3, -0.25) is 4.90 Å². The lowest BCUT2D eigenvalue weighted by Crippen LogP contribution is -2.38. The van der Waals surface area contributed by atoms with Gasteiger partial charge < -0.3 is 14.8 Å². The Bertz CT molecular complexity index is 1110. The number of rotatable bonds is 6. The van der Waals surface area contributed by atoms with Crippen molar-refractivity contribution in [3.63, 3.8) is 0 Å². The van der Waals surface area contributed by atoms with Gasteiger partial charge in [-0.05, 0) is 37.1 Å². The van der Waals surface area contributed by atoms with Crippen molar-refractivity contribution in [1.29, 1.82) is 0 Å². The molecule has 3 aromatic rings. The summed E-state index contributed by atoms with van der Waals surface area (Å²) in [5.74, 6) is 0.821. The summed E-state index contributed by atoms with van der Waals surface area (Å²) >= 11 is 5.96. The SMILES string of the molecule is CC(Nc1nccc(N2C(=O)N(C)C[C@@H]2C(C)C)n1)c1cn(-c2cc(F)cc(Cl)c2)cn1. The first kappa shape index (κ1) is 22.0. The molecule has 0 spiro atoms. The average molecular weight is 458 g/mol. The topological polar surface area (TPSA) is 79.2 Å². The molecule has 2 atom stereocenters. The number of carbonyl (C=O) groups is 1. The Labute approximate surface area is 191 Å². The van der Waals surface area contributed by atoms with Gasteiger partial charge in [-0.25, -0.2) is 19.2 Å². The fourth-order valence-corrected chi connectivity index (χ4v) is 3.97. The molecule has 1 aromatic carbocycles. The van der Waals surface area contributed by atoms with Gasteiger partial charge in [0.1, 0.15) is 11.6 Å². The molecule has 3 heterocycles. The second-order valence-electron chi connectivity index (χ2n) is 8.28. The van der Waals surface area contributed by atoms with Crippen LogP contribution in [0, 0.1) is 11.7 Å². The van der Waals surface area contributed by atoms with E-state index in [4.69, 9.17) is 11.6 Å². The predicted molar refractivity (Wildman–Crippen MR) is 122 cm³/mol. The molecule has 168 valence electrons. The number of hydrogen-bond donors (Lipinski definition) is 1. The number of hydrogen-bond acceptors (Lipinski definition) is 5. The first-order chi connectivity index (χ1) is 15.2. The van der Waals surface area contributed by atoms with E-state index in [1.807, 2.05) is 6.92 Å². The molecule has 0 bridgehead atoms. The fourth-order valence-electron chi connectivity index (χ4n) is 3.75. The highest BCUT2D eigenvalue weighted by Crippen LogP contribution is 2.27. The Hall–Kier alpha value is -3.20. The van der Waals surface area contributed by atoms with Crippen molar-refractivity contribution in [2.45, 2.75) is 32.9 Å². The van der Waals surface area contributed by atoms with Crippen LogP contribution in [0.1, 0.15) is 32.5 Å². The van der Waals surface area contributed by atoms with Gasteiger partial charge in [0.2, 0.25) is 5.95 Å². The summed E-state index contributed by atoms with van der Waals surface area (Å²) in [4.78, 5) is 29.4. The normalized spacial score (nSPS) is 17.3. The third kappa shape index (κ3) is 4.38. The number of nitrogens with zero attached hydrogens (tertiary/aromatic N) is 6. The van der Waals surface area contributed by atoms with Crippen LogP contribution in [0.25, 0.3) is 5.69 Å². The molecule has 1 unspecified atom stereocenters. The summed E-state index contributed by atoms with van der Waals surface area (Å²) in [5, 5.41) is 3.54. The number of likely N-dealkylation sites (N-methyl/N-ethyl adjacent to an activating group) is 1. The third-order valence-corrected chi connectivity index (χ3v) is 5.74. The van der Waals surface area contributed by atoms with E-state index < -0.39 is 5.82 Å². The molecule has 1 fully saturated rings. The maximum atomic E-state index is 13.7. The van der Waals surface area contributed by atoms with E-state index >= 15 is 0 Å². The molecule has 0 aliphatic carbocycles. The van der Waals surface area contributed by atoms with Gasteiger partial charge >= 0.3 is 6.03 Å². The number of halogens is 2. The Morgan fingerprint density at radius 3 is 2.72 bits per heavy atom. The van der Waals surface area contributed by atoms with Gasteiger partial charge in [0.25, 0.3) is 0 Å². The number of carbonyl (C=O) groups excluding carboxylic acids is 1. The zero-order chi connectivity index (χ0) is 23.0. The van der Waals surface area contributed by atoms with Gasteiger partial charge in [-0.1, -0.05) is 25.4 Å². The van der Waals surface area contributed by atoms with Crippen molar-refractivity contribution in [2.75, 3.05) is 23.8 Å². The summed E-state index contributed by atoms with van der Waals surface area (Å²) in [5.41, 5.74) is 1.30. The van der Waals surface area contributed by atoms with Gasteiger partial charge in [-0.2, -0.15) is 4.98 Å². The van der Waals surface area contributed by atoms with E-state index in [2.05, 4.69) is 34.1 Å². The van der Waals surface area contributed by atoms with Crippen LogP contribution in [-0.4, -0.2) is 50.1 Å². The van der Waals surface area contributed by atoms with Crippen LogP contribution in [0.2, 0.25) is 5.02 Å². The first-order valence-electron chi connectivity index (χ1n) is 10.4. The monoisotopic (exact) mass is 457 g/mol. The van der Waals surface area contributed by atoms with Gasteiger partial charge in [0, 0.05) is 31.0 Å². The molecule has 1 aliphatic rings. The van der Waals surface area contributed by atoms with Crippen LogP contribution < -0.4 is 10.2 Å². The maximum absolute atomic E-state index is 13.7. The molecule has 32 heavy (non-hydrogen) atoms. The molecule has 2 aromatic heterocycles. The molecule has 1 N–H and O–H groups in total. The van der Waals surface area contributed by atoms with Crippen molar-refractivity contribution >= 4 is 29.4 Å². The predicted octanol–water partition coefficient (Wildman–Crippen LogP) is 4.52. The Morgan fingerprint density at radius 1 is 1.22 bits per heavy atom. The molecular weight excluding hydrogens is 433 g/mol. The molecule has 1 aliphatic heterocycles. The molecule has 4 rings (SSSR count). The summed E-state index contributed by atoms with van der Waals surface area (Å²) in [6.07, 6.45) is 5.02. The van der Waals surface area contributed by atoms with E-state index in [9.17, 15) is 9.18 Å². The van der Waals surface area contributed by atoms with E-state index in [0.717, 1.165) is 5.69 Å². The van der Waals surface area contributed by atoms with Crippen molar-refractivity contribution < 1.29 is 9.18 Å². The van der Waals surface area contributed by atoms with Crippen LogP contribution in [0.15, 0.2) is 43.0 Å². The second-order valence-corrected chi connectivity index (χ2v) is 8.72. The van der Waals surface area contributed by atoms with Gasteiger partial charge in [0.15, 0.2) is 0 Å². The zero-order valence-corrected chi connectivity index (χ0v) is 19.1. The van der Waals surface area contributed by atoms with Crippen LogP contribution >= 0.6 is 11.6 Å². The molecule has 8 nitrogen and oxygen atoms in total. The van der Waals surface area contributed by atoms with Crippen molar-refractivity contribution in [2.24, 2.45) is 5.92 Å². The minimum atomic E-state index is -0.416. The molecule has 2 amide bonds. The number of benzene rings is 1. The van der Waals surface area contributed by atoms with Crippen LogP contribution in [0.3, 0.4) is 0 Å². The Balaban J connectivity index is 1.53. The number of urea groups is 1. The van der Waals surface area contributed by atoms with E-state index in [1.54, 1.807) is 52.3 Å². The van der Waals surface area contributed by atoms with E-state index in [1.165, 1.54) is 12.1 Å². The highest BCUT2D eigenvalue weighted by molar-refractivity contribution is 6.30. The number of amides is 2. The van der Waals surface area contributed by atoms with E-state index in [-0.39, 0.29) is 24.0 Å². The van der Waals surface area contributed by atoms with Crippen molar-refractivity contribution in [3.05, 3.63) is 59.5 Å². The Morgan fingerprint density at radius 2 is 2.00 bits per heavy atom. The number of imidazole rings is 1. The summed E-state index contributed by atoms with van der Waals surface area (Å²) in [7, 11) is 1.79. The van der Waals surface area contributed by atoms with Crippen LogP contribution in [0.5, 0.6) is 0 Å². The summed E-state index contributed by atoms with van der Waals surface area (Å²) in [6, 6.07) is 5.78. The zero-order valence-electron chi connectivity index (χ0n) is 18.3. The van der Waals surface area contributed by atoms with Gasteiger partial charge in [0.05, 0.1) is 29.8 Å². The van der Waals surface area contributed by atoms with Crippen molar-refractivity contribution in [3.8, 4) is 5.69 Å². The largest absolute Gasteiger partial charge is 0.346 e. The molecule has 1 saturated heterocycles. The quantitative estimate of drug-likeness (QED) is 0.588. The summed E-state index contributed by atoms with van der Waals surface area (Å²) < 4.78 is 15.4. The molecule has 0 radical (unpaired) electrons. The average Bonchev–Trinajstić information content (AvgIpc) is 3.33. The number of aromatic nitrogens is 4. The second kappa shape index (κ2) is 8.74. The highest BCUT2D eigenvalue weighted by atomic mass is 35.5. The smallest absolute Gasteiger partial charge is 0.325 e. The molecule has 10 heteroatoms. The standard InChI is InChI=1S/C22H25ClFN7O/c1-13(2)19-11-29(4)22(32)31(19)20-5-6-25-21(28-20)27-14(3)18-10-30(12-26-18)17-8-15(23)7-16(24)9-17/h5-10,12-14,19H,11H2,1-4H3,(H,25,27,28)/t14?,19-/m1/s1. The fraction of sp³-hybridized carbons (Fsp3) is 0.364. The lowest BCUT2D eigenvalue weighted by molar-refractivity contribution is 0.229. The summed E-state index contributed by atoms with van der Waals surface area (Å²) in [6.45, 7) is 6.76. The third-order valence-electron chi connectivity index (χ3n) is 5.52. The van der Waals surface area contributed by atoms with E-state index in [0.29, 0.717) is 29.0 Å². The van der Waals surface area contributed by atoms with Crippen molar-refractivity contribution in [1.82, 2.24) is 24.4 Å². The number of anilines is 2. The molecule has 0 saturated carbocycles. The Kier molecular flexibility index (Phi) is 6.01. The van der Waals surface area contributed by atoms with Crippen LogP contribution in [-0.2, 0) is 0 Å². The lowest BCUT2D eigenvalue weighted by Gasteiger charge is -2.25. The number of nitrogens with one attached hydrogen (secondary N) is 1. The van der Waals surface area contributed by atoms with Gasteiger partial charge in [-0.15, -0.1) is 0 Å². The maximum Gasteiger partial charge on any atom is 0.325 e. The molecular formula is C22H25ClFN7O. The van der Waals surface area contributed by atoms with Crippen LogP contribution in [0.4, 0.5) is 21.0 Å². The minimum absolute atomic E-state index is 0.0430. The lowest BCUT2D eigenvalue weighted by atomic mass is 10.0. The first-order valence-corrected chi connectivity index (χ1v) is 10.7. The highest BCUT2D eigenvalue weighted by Gasteiger charge is 2.38.